The van der Waals surface area contributed by atoms with Crippen LogP contribution in [0.15, 0.2) is 28.8 Å². The second-order valence-electron chi connectivity index (χ2n) is 5.56. The number of anilines is 1. The monoisotopic (exact) mass is 255 g/mol. The number of nitrogens with zero attached hydrogens (tertiary/aromatic N) is 2. The summed E-state index contributed by atoms with van der Waals surface area (Å²) < 4.78 is 5.47. The first-order valence-corrected chi connectivity index (χ1v) is 7.05. The molecular formula is C15H17N3O. The van der Waals surface area contributed by atoms with Crippen LogP contribution < -0.4 is 5.32 Å². The normalized spacial score (nSPS) is 22.4. The van der Waals surface area contributed by atoms with E-state index in [4.69, 9.17) is 4.52 Å². The van der Waals surface area contributed by atoms with E-state index < -0.39 is 0 Å². The minimum absolute atomic E-state index is 0.302. The molecule has 1 N–H and O–H groups in total. The molecule has 1 aromatic carbocycles. The van der Waals surface area contributed by atoms with E-state index in [2.05, 4.69) is 39.7 Å². The molecule has 2 aromatic rings. The van der Waals surface area contributed by atoms with Gasteiger partial charge in [0.1, 0.15) is 0 Å². The molecule has 0 amide bonds. The van der Waals surface area contributed by atoms with Gasteiger partial charge in [-0.05, 0) is 30.9 Å². The van der Waals surface area contributed by atoms with E-state index in [1.807, 2.05) is 0 Å². The Morgan fingerprint density at radius 3 is 2.89 bits per heavy atom. The zero-order valence-corrected chi connectivity index (χ0v) is 10.8. The number of aromatic nitrogens is 2. The fourth-order valence-corrected chi connectivity index (χ4v) is 2.86. The van der Waals surface area contributed by atoms with Crippen molar-refractivity contribution in [3.8, 4) is 0 Å². The van der Waals surface area contributed by atoms with Gasteiger partial charge in [0.15, 0.2) is 5.82 Å². The third kappa shape index (κ3) is 1.91. The molecule has 1 unspecified atom stereocenters. The number of rotatable bonds is 2. The molecule has 0 radical (unpaired) electrons. The first-order chi connectivity index (χ1) is 9.40. The molecule has 4 heteroatoms. The summed E-state index contributed by atoms with van der Waals surface area (Å²) in [5.74, 6) is 2.56. The Bertz CT molecular complexity index is 589. The number of nitrogens with one attached hydrogen (secondary N) is 1. The molecule has 1 aliphatic heterocycles. The highest BCUT2D eigenvalue weighted by atomic mass is 16.5. The molecule has 19 heavy (non-hydrogen) atoms. The van der Waals surface area contributed by atoms with Gasteiger partial charge < -0.3 is 9.84 Å². The highest BCUT2D eigenvalue weighted by Gasteiger charge is 2.28. The Morgan fingerprint density at radius 1 is 1.16 bits per heavy atom. The van der Waals surface area contributed by atoms with E-state index in [0.717, 1.165) is 24.7 Å². The predicted molar refractivity (Wildman–Crippen MR) is 72.3 cm³/mol. The van der Waals surface area contributed by atoms with Crippen molar-refractivity contribution in [3.05, 3.63) is 41.5 Å². The van der Waals surface area contributed by atoms with Crippen molar-refractivity contribution >= 4 is 5.69 Å². The third-order valence-corrected chi connectivity index (χ3v) is 4.30. The molecular weight excluding hydrogens is 238 g/mol. The minimum atomic E-state index is 0.302. The van der Waals surface area contributed by atoms with Crippen LogP contribution >= 0.6 is 0 Å². The first-order valence-electron chi connectivity index (χ1n) is 7.05. The minimum Gasteiger partial charge on any atom is -0.384 e. The summed E-state index contributed by atoms with van der Waals surface area (Å²) >= 11 is 0. The number of benzene rings is 1. The van der Waals surface area contributed by atoms with Crippen LogP contribution in [0.4, 0.5) is 5.69 Å². The summed E-state index contributed by atoms with van der Waals surface area (Å²) in [4.78, 5) is 4.61. The quantitative estimate of drug-likeness (QED) is 0.896. The molecule has 0 bridgehead atoms. The van der Waals surface area contributed by atoms with Crippen LogP contribution in [0.2, 0.25) is 0 Å². The van der Waals surface area contributed by atoms with Crippen LogP contribution in [-0.2, 0) is 6.42 Å². The highest BCUT2D eigenvalue weighted by molar-refractivity contribution is 5.53. The van der Waals surface area contributed by atoms with Gasteiger partial charge in [0, 0.05) is 18.2 Å². The van der Waals surface area contributed by atoms with Gasteiger partial charge >= 0.3 is 0 Å². The molecule has 1 fully saturated rings. The van der Waals surface area contributed by atoms with Crippen LogP contribution in [0, 0.1) is 0 Å². The Labute approximate surface area is 112 Å². The van der Waals surface area contributed by atoms with Crippen LogP contribution in [0.25, 0.3) is 0 Å². The van der Waals surface area contributed by atoms with E-state index in [-0.39, 0.29) is 0 Å². The van der Waals surface area contributed by atoms with Gasteiger partial charge in [-0.3, -0.25) is 0 Å². The van der Waals surface area contributed by atoms with Gasteiger partial charge in [-0.1, -0.05) is 29.8 Å². The summed E-state index contributed by atoms with van der Waals surface area (Å²) in [5.41, 5.74) is 2.57. The van der Waals surface area contributed by atoms with E-state index >= 15 is 0 Å². The van der Waals surface area contributed by atoms with Gasteiger partial charge in [-0.25, -0.2) is 0 Å². The maximum atomic E-state index is 5.47. The third-order valence-electron chi connectivity index (χ3n) is 4.30. The lowest BCUT2D eigenvalue weighted by molar-refractivity contribution is 0.334. The van der Waals surface area contributed by atoms with Gasteiger partial charge in [0.05, 0.1) is 5.92 Å². The standard InChI is InChI=1S/C15H17N3O/c1-2-7-13-11(4-1)8-12(9-16-13)15-17-14(18-19-15)10-5-3-6-10/h1-2,4,7,10,12,16H,3,5-6,8-9H2. The van der Waals surface area contributed by atoms with Crippen molar-refractivity contribution in [2.75, 3.05) is 11.9 Å². The fourth-order valence-electron chi connectivity index (χ4n) is 2.86. The Kier molecular flexibility index (Phi) is 2.53. The molecule has 1 saturated carbocycles. The largest absolute Gasteiger partial charge is 0.384 e. The molecule has 4 nitrogen and oxygen atoms in total. The summed E-state index contributed by atoms with van der Waals surface area (Å²) in [6.07, 6.45) is 4.71. The average Bonchev–Trinajstić information content (AvgIpc) is 2.85. The second kappa shape index (κ2) is 4.37. The second-order valence-corrected chi connectivity index (χ2v) is 5.56. The van der Waals surface area contributed by atoms with Crippen molar-refractivity contribution in [1.29, 1.82) is 0 Å². The molecule has 2 aliphatic rings. The smallest absolute Gasteiger partial charge is 0.231 e. The molecule has 2 heterocycles. The van der Waals surface area contributed by atoms with Gasteiger partial charge in [-0.15, -0.1) is 0 Å². The Balaban J connectivity index is 1.55. The molecule has 0 saturated heterocycles. The topological polar surface area (TPSA) is 51.0 Å². The molecule has 4 rings (SSSR count). The van der Waals surface area contributed by atoms with Gasteiger partial charge in [-0.2, -0.15) is 4.98 Å². The number of para-hydroxylation sites is 1. The van der Waals surface area contributed by atoms with E-state index in [1.165, 1.54) is 30.5 Å². The van der Waals surface area contributed by atoms with Crippen molar-refractivity contribution < 1.29 is 4.52 Å². The van der Waals surface area contributed by atoms with E-state index in [1.54, 1.807) is 0 Å². The van der Waals surface area contributed by atoms with Crippen molar-refractivity contribution in [1.82, 2.24) is 10.1 Å². The number of hydrogen-bond donors (Lipinski definition) is 1. The molecule has 1 aromatic heterocycles. The van der Waals surface area contributed by atoms with E-state index in [0.29, 0.717) is 11.8 Å². The summed E-state index contributed by atoms with van der Waals surface area (Å²) in [6, 6.07) is 8.43. The molecule has 1 atom stereocenters. The fraction of sp³-hybridized carbons (Fsp3) is 0.467. The first kappa shape index (κ1) is 11.0. The van der Waals surface area contributed by atoms with Crippen molar-refractivity contribution in [2.24, 2.45) is 0 Å². The van der Waals surface area contributed by atoms with Crippen LogP contribution in [0.5, 0.6) is 0 Å². The zero-order valence-electron chi connectivity index (χ0n) is 10.8. The lowest BCUT2D eigenvalue weighted by Gasteiger charge is -2.23. The Hall–Kier alpha value is -1.84. The van der Waals surface area contributed by atoms with Crippen LogP contribution in [-0.4, -0.2) is 16.7 Å². The van der Waals surface area contributed by atoms with Crippen molar-refractivity contribution in [3.63, 3.8) is 0 Å². The molecule has 98 valence electrons. The van der Waals surface area contributed by atoms with E-state index in [9.17, 15) is 0 Å². The van der Waals surface area contributed by atoms with Crippen molar-refractivity contribution in [2.45, 2.75) is 37.5 Å². The lowest BCUT2D eigenvalue weighted by atomic mass is 9.85. The highest BCUT2D eigenvalue weighted by Crippen LogP contribution is 2.36. The summed E-state index contributed by atoms with van der Waals surface area (Å²) in [5, 5.41) is 7.61. The summed E-state index contributed by atoms with van der Waals surface area (Å²) in [7, 11) is 0. The molecule has 0 spiro atoms. The average molecular weight is 255 g/mol. The van der Waals surface area contributed by atoms with Gasteiger partial charge in [0.2, 0.25) is 5.89 Å². The Morgan fingerprint density at radius 2 is 2.05 bits per heavy atom. The van der Waals surface area contributed by atoms with Crippen LogP contribution in [0.1, 0.15) is 48.4 Å². The number of fused-ring (bicyclic) bond motifs is 1. The van der Waals surface area contributed by atoms with Crippen LogP contribution in [0.3, 0.4) is 0 Å². The SMILES string of the molecule is c1ccc2c(c1)CC(c1nc(C3CCC3)no1)CN2. The maximum Gasteiger partial charge on any atom is 0.231 e. The molecule has 1 aliphatic carbocycles. The summed E-state index contributed by atoms with van der Waals surface area (Å²) in [6.45, 7) is 0.878. The maximum absolute atomic E-state index is 5.47. The van der Waals surface area contributed by atoms with Gasteiger partial charge in [0.25, 0.3) is 0 Å². The zero-order chi connectivity index (χ0) is 12.7. The number of hydrogen-bond acceptors (Lipinski definition) is 4. The lowest BCUT2D eigenvalue weighted by Crippen LogP contribution is -2.21. The predicted octanol–water partition coefficient (Wildman–Crippen LogP) is 3.09.